The van der Waals surface area contributed by atoms with Crippen molar-refractivity contribution in [1.82, 2.24) is 10.3 Å². The van der Waals surface area contributed by atoms with Gasteiger partial charge in [0.15, 0.2) is 17.5 Å². The highest BCUT2D eigenvalue weighted by Crippen LogP contribution is 2.32. The van der Waals surface area contributed by atoms with Crippen LogP contribution in [0, 0.1) is 5.82 Å². The molecule has 3 aromatic rings. The number of aliphatic imine (C=N–C) groups is 1. The first-order chi connectivity index (χ1) is 15.2. The van der Waals surface area contributed by atoms with Crippen molar-refractivity contribution < 1.29 is 18.3 Å². The van der Waals surface area contributed by atoms with Gasteiger partial charge in [0.05, 0.1) is 18.9 Å². The molecule has 9 heteroatoms. The number of hydrogen-bond acceptors (Lipinski definition) is 5. The Morgan fingerprint density at radius 3 is 2.66 bits per heavy atom. The summed E-state index contributed by atoms with van der Waals surface area (Å²) in [6.07, 6.45) is 3.09. The maximum atomic E-state index is 13.1. The Balaban J connectivity index is 0.00000289. The quantitative estimate of drug-likeness (QED) is 0.258. The van der Waals surface area contributed by atoms with Crippen molar-refractivity contribution in [2.75, 3.05) is 31.6 Å². The molecule has 0 amide bonds. The third kappa shape index (κ3) is 6.35. The molecule has 0 saturated heterocycles. The smallest absolute Gasteiger partial charge is 0.226 e. The molecule has 2 heterocycles. The van der Waals surface area contributed by atoms with Gasteiger partial charge >= 0.3 is 0 Å². The lowest BCUT2D eigenvalue weighted by Crippen LogP contribution is -2.30. The first-order valence-corrected chi connectivity index (χ1v) is 10.4. The van der Waals surface area contributed by atoms with Gasteiger partial charge in [-0.3, -0.25) is 4.99 Å². The minimum absolute atomic E-state index is 0. The summed E-state index contributed by atoms with van der Waals surface area (Å²) in [5.41, 5.74) is 2.39. The van der Waals surface area contributed by atoms with Crippen LogP contribution in [0.4, 0.5) is 10.1 Å². The van der Waals surface area contributed by atoms with Gasteiger partial charge in [-0.1, -0.05) is 0 Å². The predicted molar refractivity (Wildman–Crippen MR) is 133 cm³/mol. The number of aromatic nitrogens is 1. The van der Waals surface area contributed by atoms with Crippen molar-refractivity contribution in [2.24, 2.45) is 4.99 Å². The molecule has 0 spiro atoms. The SMILES string of the molecule is CCNC(=NCCc1coc(-c2ccc(F)cc2)n1)Nc1ccc2c(c1)OCCCO2.I. The van der Waals surface area contributed by atoms with E-state index in [1.807, 2.05) is 25.1 Å². The number of anilines is 1. The fourth-order valence-electron chi connectivity index (χ4n) is 3.11. The highest BCUT2D eigenvalue weighted by Gasteiger charge is 2.11. The molecule has 0 fully saturated rings. The average molecular weight is 552 g/mol. The van der Waals surface area contributed by atoms with E-state index in [0.29, 0.717) is 38.0 Å². The minimum atomic E-state index is -0.290. The van der Waals surface area contributed by atoms with Crippen molar-refractivity contribution in [3.63, 3.8) is 0 Å². The van der Waals surface area contributed by atoms with Crippen molar-refractivity contribution in [3.8, 4) is 23.0 Å². The Hall–Kier alpha value is -2.82. The minimum Gasteiger partial charge on any atom is -0.490 e. The Labute approximate surface area is 203 Å². The van der Waals surface area contributed by atoms with Gasteiger partial charge in [-0.15, -0.1) is 24.0 Å². The highest BCUT2D eigenvalue weighted by atomic mass is 127. The van der Waals surface area contributed by atoms with Crippen molar-refractivity contribution >= 4 is 35.6 Å². The maximum absolute atomic E-state index is 13.1. The van der Waals surface area contributed by atoms with Crippen LogP contribution in [-0.2, 0) is 6.42 Å². The first kappa shape index (κ1) is 23.8. The van der Waals surface area contributed by atoms with E-state index >= 15 is 0 Å². The number of hydrogen-bond donors (Lipinski definition) is 2. The van der Waals surface area contributed by atoms with Crippen LogP contribution in [0.2, 0.25) is 0 Å². The highest BCUT2D eigenvalue weighted by molar-refractivity contribution is 14.0. The van der Waals surface area contributed by atoms with Crippen molar-refractivity contribution in [1.29, 1.82) is 0 Å². The van der Waals surface area contributed by atoms with Crippen LogP contribution in [0.25, 0.3) is 11.5 Å². The molecule has 0 radical (unpaired) electrons. The Morgan fingerprint density at radius 2 is 1.88 bits per heavy atom. The third-order valence-corrected chi connectivity index (χ3v) is 4.64. The molecule has 0 aliphatic carbocycles. The zero-order valence-electron chi connectivity index (χ0n) is 17.8. The molecule has 32 heavy (non-hydrogen) atoms. The number of guanidine groups is 1. The molecule has 4 rings (SSSR count). The van der Waals surface area contributed by atoms with E-state index in [4.69, 9.17) is 13.9 Å². The number of nitrogens with one attached hydrogen (secondary N) is 2. The molecule has 170 valence electrons. The van der Waals surface area contributed by atoms with E-state index in [0.717, 1.165) is 41.4 Å². The molecule has 0 bridgehead atoms. The summed E-state index contributed by atoms with van der Waals surface area (Å²) in [6, 6.07) is 11.8. The summed E-state index contributed by atoms with van der Waals surface area (Å²) in [4.78, 5) is 9.08. The maximum Gasteiger partial charge on any atom is 0.226 e. The summed E-state index contributed by atoms with van der Waals surface area (Å²) in [7, 11) is 0. The van der Waals surface area contributed by atoms with Gasteiger partial charge < -0.3 is 24.5 Å². The zero-order chi connectivity index (χ0) is 21.5. The second kappa shape index (κ2) is 11.7. The van der Waals surface area contributed by atoms with E-state index in [-0.39, 0.29) is 29.8 Å². The standard InChI is InChI=1S/C23H25FN4O3.HI/c1-2-25-23(28-18-8-9-20-21(14-18)30-13-3-12-29-20)26-11-10-19-15-31-22(27-19)16-4-6-17(24)7-5-16;/h4-9,14-15H,2-3,10-13H2,1H3,(H2,25,26,28);1H. The first-order valence-electron chi connectivity index (χ1n) is 10.4. The summed E-state index contributed by atoms with van der Waals surface area (Å²) in [5, 5.41) is 6.53. The number of oxazole rings is 1. The van der Waals surface area contributed by atoms with Gasteiger partial charge in [-0.05, 0) is 43.3 Å². The van der Waals surface area contributed by atoms with Crippen LogP contribution >= 0.6 is 24.0 Å². The van der Waals surface area contributed by atoms with Crippen LogP contribution in [0.15, 0.2) is 58.1 Å². The van der Waals surface area contributed by atoms with Crippen molar-refractivity contribution in [2.45, 2.75) is 19.8 Å². The Bertz CT molecular complexity index is 1040. The normalized spacial score (nSPS) is 13.1. The molecule has 1 aliphatic rings. The summed E-state index contributed by atoms with van der Waals surface area (Å²) < 4.78 is 30.0. The average Bonchev–Trinajstić information content (AvgIpc) is 3.11. The van der Waals surface area contributed by atoms with Crippen molar-refractivity contribution in [3.05, 3.63) is 60.2 Å². The third-order valence-electron chi connectivity index (χ3n) is 4.64. The molecule has 1 aromatic heterocycles. The van der Waals surface area contributed by atoms with Gasteiger partial charge in [0.25, 0.3) is 0 Å². The number of nitrogens with zero attached hydrogens (tertiary/aromatic N) is 2. The zero-order valence-corrected chi connectivity index (χ0v) is 20.1. The number of fused-ring (bicyclic) bond motifs is 1. The molecular formula is C23H26FIN4O3. The second-order valence-electron chi connectivity index (χ2n) is 7.00. The summed E-state index contributed by atoms with van der Waals surface area (Å²) >= 11 is 0. The van der Waals surface area contributed by atoms with E-state index < -0.39 is 0 Å². The monoisotopic (exact) mass is 552 g/mol. The number of ether oxygens (including phenoxy) is 2. The number of rotatable bonds is 6. The molecule has 7 nitrogen and oxygen atoms in total. The molecule has 0 unspecified atom stereocenters. The fourth-order valence-corrected chi connectivity index (χ4v) is 3.11. The number of benzene rings is 2. The predicted octanol–water partition coefficient (Wildman–Crippen LogP) is 4.88. The Morgan fingerprint density at radius 1 is 1.09 bits per heavy atom. The van der Waals surface area contributed by atoms with Gasteiger partial charge in [-0.25, -0.2) is 9.37 Å². The second-order valence-corrected chi connectivity index (χ2v) is 7.00. The van der Waals surface area contributed by atoms with E-state index in [9.17, 15) is 4.39 Å². The lowest BCUT2D eigenvalue weighted by molar-refractivity contribution is 0.297. The van der Waals surface area contributed by atoms with Crippen LogP contribution < -0.4 is 20.1 Å². The topological polar surface area (TPSA) is 80.9 Å². The number of halogens is 2. The largest absolute Gasteiger partial charge is 0.490 e. The van der Waals surface area contributed by atoms with Gasteiger partial charge in [0.1, 0.15) is 12.1 Å². The van der Waals surface area contributed by atoms with Crippen LogP contribution in [0.5, 0.6) is 11.5 Å². The molecule has 0 saturated carbocycles. The summed E-state index contributed by atoms with van der Waals surface area (Å²) in [5.74, 6) is 2.33. The summed E-state index contributed by atoms with van der Waals surface area (Å²) in [6.45, 7) is 4.57. The molecule has 1 aliphatic heterocycles. The fraction of sp³-hybridized carbons (Fsp3) is 0.304. The molecular weight excluding hydrogens is 526 g/mol. The van der Waals surface area contributed by atoms with Gasteiger partial charge in [0.2, 0.25) is 5.89 Å². The van der Waals surface area contributed by atoms with E-state index in [1.54, 1.807) is 18.4 Å². The molecule has 0 atom stereocenters. The van der Waals surface area contributed by atoms with Gasteiger partial charge in [0, 0.05) is 43.2 Å². The van der Waals surface area contributed by atoms with Crippen LogP contribution in [0.3, 0.4) is 0 Å². The van der Waals surface area contributed by atoms with Crippen LogP contribution in [0.1, 0.15) is 19.0 Å². The molecule has 2 N–H and O–H groups in total. The lowest BCUT2D eigenvalue weighted by Gasteiger charge is -2.13. The molecule has 2 aromatic carbocycles. The van der Waals surface area contributed by atoms with E-state index in [1.165, 1.54) is 12.1 Å². The lowest BCUT2D eigenvalue weighted by atomic mass is 10.2. The Kier molecular flexibility index (Phi) is 8.72. The van der Waals surface area contributed by atoms with Crippen LogP contribution in [-0.4, -0.2) is 37.2 Å². The van der Waals surface area contributed by atoms with Gasteiger partial charge in [-0.2, -0.15) is 0 Å². The van der Waals surface area contributed by atoms with E-state index in [2.05, 4.69) is 20.6 Å².